The molecule has 2 aromatic rings. The zero-order chi connectivity index (χ0) is 18.4. The summed E-state index contributed by atoms with van der Waals surface area (Å²) in [7, 11) is 0. The molecule has 0 atom stereocenters. The maximum absolute atomic E-state index is 12.3. The molecule has 0 aliphatic heterocycles. The molecule has 1 N–H and O–H groups in total. The Kier molecular flexibility index (Phi) is 6.26. The Morgan fingerprint density at radius 2 is 2.04 bits per heavy atom. The predicted molar refractivity (Wildman–Crippen MR) is 101 cm³/mol. The molecule has 0 unspecified atom stereocenters. The van der Waals surface area contributed by atoms with Crippen molar-refractivity contribution in [1.82, 2.24) is 0 Å². The predicted octanol–water partition coefficient (Wildman–Crippen LogP) is 4.63. The van der Waals surface area contributed by atoms with Crippen LogP contribution in [0.4, 0.5) is 11.6 Å². The van der Waals surface area contributed by atoms with Gasteiger partial charge in [0.1, 0.15) is 17.4 Å². The number of anilines is 2. The largest absolute Gasteiger partial charge is 0.441 e. The van der Waals surface area contributed by atoms with E-state index in [0.717, 1.165) is 18.7 Å². The first-order valence-electron chi connectivity index (χ1n) is 8.02. The van der Waals surface area contributed by atoms with Crippen LogP contribution in [0.1, 0.15) is 25.2 Å². The van der Waals surface area contributed by atoms with Crippen molar-refractivity contribution in [3.05, 3.63) is 52.3 Å². The third kappa shape index (κ3) is 4.65. The fourth-order valence-electron chi connectivity index (χ4n) is 2.28. The molecule has 0 aliphatic rings. The molecule has 1 amide bonds. The molecule has 0 spiro atoms. The Bertz CT molecular complexity index is 829. The monoisotopic (exact) mass is 357 g/mol. The Labute approximate surface area is 152 Å². The van der Waals surface area contributed by atoms with Gasteiger partial charge in [0.15, 0.2) is 5.88 Å². The number of benzene rings is 1. The van der Waals surface area contributed by atoms with E-state index in [1.165, 1.54) is 6.08 Å². The Morgan fingerprint density at radius 3 is 2.64 bits per heavy atom. The van der Waals surface area contributed by atoms with Crippen molar-refractivity contribution in [1.29, 1.82) is 5.26 Å². The molecule has 25 heavy (non-hydrogen) atoms. The molecule has 0 aliphatic carbocycles. The third-order valence-corrected chi connectivity index (χ3v) is 4.18. The van der Waals surface area contributed by atoms with Gasteiger partial charge in [-0.3, -0.25) is 4.79 Å². The van der Waals surface area contributed by atoms with Crippen molar-refractivity contribution in [2.24, 2.45) is 0 Å². The molecule has 130 valence electrons. The lowest BCUT2D eigenvalue weighted by Crippen LogP contribution is -2.20. The van der Waals surface area contributed by atoms with Crippen LogP contribution in [0.15, 0.2) is 40.3 Å². The van der Waals surface area contributed by atoms with E-state index >= 15 is 0 Å². The molecule has 1 aromatic heterocycles. The molecule has 5 nitrogen and oxygen atoms in total. The van der Waals surface area contributed by atoms with Crippen molar-refractivity contribution in [3.63, 3.8) is 0 Å². The molecule has 0 saturated heterocycles. The second-order valence-electron chi connectivity index (χ2n) is 5.44. The van der Waals surface area contributed by atoms with Crippen LogP contribution < -0.4 is 10.2 Å². The number of nitrogens with zero attached hydrogens (tertiary/aromatic N) is 2. The average Bonchev–Trinajstić information content (AvgIpc) is 3.05. The summed E-state index contributed by atoms with van der Waals surface area (Å²) >= 11 is 6.05. The molecule has 1 aromatic carbocycles. The molecule has 0 fully saturated rings. The highest BCUT2D eigenvalue weighted by molar-refractivity contribution is 6.31. The van der Waals surface area contributed by atoms with Gasteiger partial charge >= 0.3 is 0 Å². The lowest BCUT2D eigenvalue weighted by atomic mass is 10.2. The first-order valence-corrected chi connectivity index (χ1v) is 8.40. The van der Waals surface area contributed by atoms with E-state index in [-0.39, 0.29) is 5.57 Å². The molecule has 6 heteroatoms. The van der Waals surface area contributed by atoms with E-state index < -0.39 is 5.91 Å². The van der Waals surface area contributed by atoms with Gasteiger partial charge in [0.25, 0.3) is 5.91 Å². The van der Waals surface area contributed by atoms with Crippen LogP contribution in [0.5, 0.6) is 0 Å². The lowest BCUT2D eigenvalue weighted by Gasteiger charge is -2.16. The second-order valence-corrected chi connectivity index (χ2v) is 5.84. The summed E-state index contributed by atoms with van der Waals surface area (Å²) in [6, 6.07) is 10.7. The van der Waals surface area contributed by atoms with Crippen LogP contribution in [0.2, 0.25) is 5.02 Å². The molecule has 0 radical (unpaired) electrons. The van der Waals surface area contributed by atoms with Gasteiger partial charge in [0.05, 0.1) is 0 Å². The first kappa shape index (κ1) is 18.6. The lowest BCUT2D eigenvalue weighted by molar-refractivity contribution is -0.112. The Balaban J connectivity index is 2.18. The number of rotatable bonds is 6. The maximum atomic E-state index is 12.3. The smallest absolute Gasteiger partial charge is 0.266 e. The molecule has 0 saturated carbocycles. The number of aryl methyl sites for hydroxylation is 1. The number of furan rings is 1. The molecule has 0 bridgehead atoms. The van der Waals surface area contributed by atoms with Gasteiger partial charge in [-0.15, -0.1) is 0 Å². The number of halogens is 1. The van der Waals surface area contributed by atoms with Crippen LogP contribution in [-0.2, 0) is 4.79 Å². The number of nitriles is 1. The van der Waals surface area contributed by atoms with Gasteiger partial charge in [-0.1, -0.05) is 17.7 Å². The standard InChI is InChI=1S/C19H20ClN3O2/c1-4-23(5-2)18-9-8-16(25-18)10-14(12-21)19(24)22-15-7-6-13(3)17(20)11-15/h6-11H,4-5H2,1-3H3,(H,22,24)/b14-10-. The summed E-state index contributed by atoms with van der Waals surface area (Å²) in [6.07, 6.45) is 1.43. The SMILES string of the molecule is CCN(CC)c1ccc(/C=C(/C#N)C(=O)Nc2ccc(C)c(Cl)c2)o1. The number of nitrogens with one attached hydrogen (secondary N) is 1. The van der Waals surface area contributed by atoms with Gasteiger partial charge < -0.3 is 14.6 Å². The number of hydrogen-bond acceptors (Lipinski definition) is 4. The van der Waals surface area contributed by atoms with Crippen LogP contribution in [0, 0.1) is 18.3 Å². The number of carbonyl (C=O) groups is 1. The Hall–Kier alpha value is -2.71. The topological polar surface area (TPSA) is 69.3 Å². The van der Waals surface area contributed by atoms with Gasteiger partial charge in [-0.25, -0.2) is 0 Å². The quantitative estimate of drug-likeness (QED) is 0.604. The molecule has 1 heterocycles. The summed E-state index contributed by atoms with van der Waals surface area (Å²) in [5.74, 6) is 0.651. The zero-order valence-electron chi connectivity index (χ0n) is 14.5. The van der Waals surface area contributed by atoms with Crippen molar-refractivity contribution < 1.29 is 9.21 Å². The Morgan fingerprint density at radius 1 is 1.32 bits per heavy atom. The highest BCUT2D eigenvalue weighted by atomic mass is 35.5. The molecular weight excluding hydrogens is 338 g/mol. The number of hydrogen-bond donors (Lipinski definition) is 1. The van der Waals surface area contributed by atoms with Crippen LogP contribution in [-0.4, -0.2) is 19.0 Å². The normalized spacial score (nSPS) is 11.1. The summed E-state index contributed by atoms with van der Waals surface area (Å²) in [6.45, 7) is 7.56. The van der Waals surface area contributed by atoms with E-state index in [0.29, 0.717) is 22.4 Å². The highest BCUT2D eigenvalue weighted by Crippen LogP contribution is 2.22. The number of carbonyl (C=O) groups excluding carboxylic acids is 1. The fraction of sp³-hybridized carbons (Fsp3) is 0.263. The van der Waals surface area contributed by atoms with Crippen LogP contribution >= 0.6 is 11.6 Å². The summed E-state index contributed by atoms with van der Waals surface area (Å²) in [5, 5.41) is 12.5. The van der Waals surface area contributed by atoms with Crippen molar-refractivity contribution in [2.75, 3.05) is 23.3 Å². The zero-order valence-corrected chi connectivity index (χ0v) is 15.2. The first-order chi connectivity index (χ1) is 12.0. The molecule has 2 rings (SSSR count). The minimum Gasteiger partial charge on any atom is -0.441 e. The highest BCUT2D eigenvalue weighted by Gasteiger charge is 2.13. The summed E-state index contributed by atoms with van der Waals surface area (Å²) in [5.41, 5.74) is 1.40. The third-order valence-electron chi connectivity index (χ3n) is 3.77. The van der Waals surface area contributed by atoms with Crippen LogP contribution in [0.25, 0.3) is 6.08 Å². The maximum Gasteiger partial charge on any atom is 0.266 e. The van der Waals surface area contributed by atoms with Crippen molar-refractivity contribution in [3.8, 4) is 6.07 Å². The van der Waals surface area contributed by atoms with Gasteiger partial charge in [0.2, 0.25) is 0 Å². The van der Waals surface area contributed by atoms with E-state index in [2.05, 4.69) is 5.32 Å². The van der Waals surface area contributed by atoms with Gasteiger partial charge in [-0.05, 0) is 44.5 Å². The fourth-order valence-corrected chi connectivity index (χ4v) is 2.47. The van der Waals surface area contributed by atoms with E-state index in [1.807, 2.05) is 37.8 Å². The molecular formula is C19H20ClN3O2. The summed E-state index contributed by atoms with van der Waals surface area (Å²) in [4.78, 5) is 14.3. The van der Waals surface area contributed by atoms with E-state index in [9.17, 15) is 10.1 Å². The number of amides is 1. The van der Waals surface area contributed by atoms with Crippen molar-refractivity contribution in [2.45, 2.75) is 20.8 Å². The minimum atomic E-state index is -0.511. The average molecular weight is 358 g/mol. The van der Waals surface area contributed by atoms with Crippen LogP contribution in [0.3, 0.4) is 0 Å². The summed E-state index contributed by atoms with van der Waals surface area (Å²) < 4.78 is 5.69. The van der Waals surface area contributed by atoms with Gasteiger partial charge in [0, 0.05) is 35.9 Å². The van der Waals surface area contributed by atoms with Gasteiger partial charge in [-0.2, -0.15) is 5.26 Å². The van der Waals surface area contributed by atoms with E-state index in [1.54, 1.807) is 24.3 Å². The second kappa shape index (κ2) is 8.41. The van der Waals surface area contributed by atoms with Crippen molar-refractivity contribution >= 4 is 35.2 Å². The van der Waals surface area contributed by atoms with E-state index in [4.69, 9.17) is 16.0 Å². The minimum absolute atomic E-state index is 0.0443.